The van der Waals surface area contributed by atoms with Crippen molar-refractivity contribution in [3.8, 4) is 0 Å². The van der Waals surface area contributed by atoms with E-state index in [4.69, 9.17) is 0 Å². The summed E-state index contributed by atoms with van der Waals surface area (Å²) in [5.74, 6) is 12.9. The zero-order chi connectivity index (χ0) is 68.5. The van der Waals surface area contributed by atoms with Crippen molar-refractivity contribution in [1.82, 2.24) is 44.6 Å². The number of carbonyl (C=O) groups excluding carboxylic acids is 3. The van der Waals surface area contributed by atoms with Gasteiger partial charge in [0.2, 0.25) is 29.5 Å². The smallest absolute Gasteiger partial charge is 0.365 e. The van der Waals surface area contributed by atoms with E-state index in [2.05, 4.69) is 52.4 Å². The zero-order valence-electron chi connectivity index (χ0n) is 52.3. The summed E-state index contributed by atoms with van der Waals surface area (Å²) in [6.45, 7) is 3.40. The lowest BCUT2D eigenvalue weighted by Gasteiger charge is -2.44. The molecule has 32 heteroatoms. The maximum absolute atomic E-state index is 14.7. The lowest BCUT2D eigenvalue weighted by atomic mass is 9.96. The van der Waals surface area contributed by atoms with Gasteiger partial charge in [0.25, 0.3) is 0 Å². The predicted molar refractivity (Wildman–Crippen MR) is 356 cm³/mol. The van der Waals surface area contributed by atoms with E-state index in [1.165, 1.54) is 36.6 Å². The Morgan fingerprint density at radius 1 is 0.469 bits per heavy atom. The Bertz CT molecular complexity index is 4060. The Kier molecular flexibility index (Phi) is 21.2. The fraction of sp³-hybridized carbons (Fsp3) is 0.500. The van der Waals surface area contributed by atoms with Crippen molar-refractivity contribution in [1.29, 1.82) is 0 Å². The van der Waals surface area contributed by atoms with Gasteiger partial charge in [-0.05, 0) is 139 Å². The highest BCUT2D eigenvalue weighted by atomic mass is 32.2. The van der Waals surface area contributed by atoms with Crippen molar-refractivity contribution in [3.63, 3.8) is 0 Å². The first-order valence-electron chi connectivity index (χ1n) is 31.5. The summed E-state index contributed by atoms with van der Waals surface area (Å²) in [5.41, 5.74) is 0.811. The Hall–Kier alpha value is -6.90. The molecule has 3 atom stereocenters. The van der Waals surface area contributed by atoms with Crippen LogP contribution in [-0.4, -0.2) is 186 Å². The van der Waals surface area contributed by atoms with Gasteiger partial charge in [-0.1, -0.05) is 18.2 Å². The number of piperazine rings is 3. The third-order valence-corrected chi connectivity index (χ3v) is 26.5. The molecule has 6 saturated heterocycles. The maximum atomic E-state index is 14.7. The summed E-state index contributed by atoms with van der Waals surface area (Å²) in [6.07, 6.45) is 4.12. The van der Waals surface area contributed by atoms with Gasteiger partial charge < -0.3 is 29.4 Å². The number of halogens is 9. The van der Waals surface area contributed by atoms with Crippen molar-refractivity contribution >= 4 is 104 Å². The van der Waals surface area contributed by atoms with Crippen molar-refractivity contribution < 1.29 is 66.5 Å². The monoisotopic (exact) mass is 1440 g/mol. The molecule has 5 aromatic heterocycles. The highest BCUT2D eigenvalue weighted by Crippen LogP contribution is 2.41. The normalized spacial score (nSPS) is 27.4. The molecule has 3 amide bonds. The second-order valence-electron chi connectivity index (χ2n) is 25.3. The summed E-state index contributed by atoms with van der Waals surface area (Å²) in [5, 5.41) is -0.632. The SMILES string of the molecule is C=S1(=O)CCC(C(=O)N2CCN(c3cnc(C(F)(F)F)cn3)CC2c2ccc(F)s2)CC1.C=S1(=O)CCC(C(=O)N2CCN(c3cnc(C(F)(F)F)nc3)CC2c2ccccc2F)CC1.C=S1(=O)CCC(C(=O)N2CCN(c3ncc(C4CC4)cn3)CC2c2ccc(F)s2)CC1. The van der Waals surface area contributed by atoms with Crippen molar-refractivity contribution in [2.75, 3.05) is 108 Å². The standard InChI is InChI=1S/C22H24F4N4O2S.C22H27FN4O2S2.C20H22F4N4O2S2/c1-33(32)10-6-15(7-11-33)20(31)30-9-8-29(14-19(30)17-4-2-3-5-18(17)23)16-12-27-21(28-13-16)22(24,25)26;1-31(29)10-6-16(7-11-31)21(28)27-9-8-26(14-18(27)19-4-5-20(23)30-19)22-24-12-17(13-25-22)15-2-3-15;1-32(30)8-4-13(5-9-32)19(29)28-7-6-27(12-14(28)15-2-3-17(21)31-15)18-11-25-16(10-26-18)20(22,23)24/h2-5,12-13,15,19H,1,6-11,14H2;4-5,12-13,15-16,18H,1-3,6-11,14H2;2-3,10-11,13-14H,1,4-9,12H2. The third-order valence-electron chi connectivity index (χ3n) is 18.7. The van der Waals surface area contributed by atoms with Crippen LogP contribution in [0.4, 0.5) is 57.0 Å². The number of amides is 3. The molecule has 0 radical (unpaired) electrons. The van der Waals surface area contributed by atoms with Crippen LogP contribution in [-0.2, 0) is 55.3 Å². The molecule has 0 spiro atoms. The van der Waals surface area contributed by atoms with Crippen molar-refractivity contribution in [2.24, 2.45) is 17.8 Å². The maximum Gasteiger partial charge on any atom is 0.451 e. The summed E-state index contributed by atoms with van der Waals surface area (Å²) < 4.78 is 156. The Labute approximate surface area is 559 Å². The van der Waals surface area contributed by atoms with Crippen LogP contribution in [0.25, 0.3) is 0 Å². The molecule has 11 heterocycles. The molecule has 7 fully saturated rings. The second-order valence-corrected chi connectivity index (χ2v) is 35.7. The molecule has 0 bridgehead atoms. The fourth-order valence-electron chi connectivity index (χ4n) is 13.0. The highest BCUT2D eigenvalue weighted by molar-refractivity contribution is 8.00. The average Bonchev–Trinajstić information content (AvgIpc) is 1.73. The summed E-state index contributed by atoms with van der Waals surface area (Å²) >= 11 is 2.03. The molecule has 1 aliphatic carbocycles. The van der Waals surface area contributed by atoms with Crippen molar-refractivity contribution in [2.45, 2.75) is 87.8 Å². The van der Waals surface area contributed by atoms with E-state index in [-0.39, 0.29) is 77.2 Å². The summed E-state index contributed by atoms with van der Waals surface area (Å²) in [6, 6.07) is 11.0. The highest BCUT2D eigenvalue weighted by Gasteiger charge is 2.43. The van der Waals surface area contributed by atoms with E-state index >= 15 is 0 Å². The Balaban J connectivity index is 0.000000146. The first-order valence-corrected chi connectivity index (χ1v) is 39.3. The van der Waals surface area contributed by atoms with E-state index in [1.54, 1.807) is 49.9 Å². The van der Waals surface area contributed by atoms with Crippen LogP contribution in [0, 0.1) is 33.8 Å². The van der Waals surface area contributed by atoms with E-state index in [1.807, 2.05) is 17.3 Å². The number of anilines is 3. The van der Waals surface area contributed by atoms with Gasteiger partial charge in [-0.2, -0.15) is 35.1 Å². The zero-order valence-corrected chi connectivity index (χ0v) is 56.4. The molecule has 7 aliphatic rings. The van der Waals surface area contributed by atoms with E-state index < -0.39 is 70.3 Å². The van der Waals surface area contributed by atoms with Gasteiger partial charge >= 0.3 is 12.4 Å². The van der Waals surface area contributed by atoms with Crippen LogP contribution in [0.3, 0.4) is 0 Å². The number of alkyl halides is 6. The minimum Gasteiger partial charge on any atom is -0.365 e. The van der Waals surface area contributed by atoms with E-state index in [0.717, 1.165) is 46.1 Å². The van der Waals surface area contributed by atoms with Gasteiger partial charge in [-0.15, -0.1) is 22.7 Å². The molecular formula is C64H73F9N12O6S5. The molecule has 6 aromatic rings. The van der Waals surface area contributed by atoms with E-state index in [0.29, 0.717) is 147 Å². The molecule has 6 aliphatic heterocycles. The third kappa shape index (κ3) is 17.1. The summed E-state index contributed by atoms with van der Waals surface area (Å²) in [4.78, 5) is 75.8. The number of rotatable bonds is 10. The van der Waals surface area contributed by atoms with Gasteiger partial charge in [0.15, 0.2) is 16.0 Å². The van der Waals surface area contributed by atoms with Gasteiger partial charge in [-0.25, -0.2) is 34.3 Å². The number of hydrogen-bond acceptors (Lipinski definition) is 17. The van der Waals surface area contributed by atoms with Crippen molar-refractivity contribution in [3.05, 3.63) is 134 Å². The van der Waals surface area contributed by atoms with Crippen LogP contribution >= 0.6 is 22.7 Å². The molecule has 1 aromatic carbocycles. The lowest BCUT2D eigenvalue weighted by Crippen LogP contribution is -2.53. The quantitative estimate of drug-likeness (QED) is 0.0927. The first kappa shape index (κ1) is 70.4. The molecular weight excluding hydrogens is 1360 g/mol. The molecule has 0 N–H and O–H groups in total. The molecule has 518 valence electrons. The van der Waals surface area contributed by atoms with E-state index in [9.17, 15) is 66.5 Å². The number of nitrogens with zero attached hydrogens (tertiary/aromatic N) is 12. The number of benzene rings is 1. The van der Waals surface area contributed by atoms with Crippen LogP contribution in [0.2, 0.25) is 0 Å². The molecule has 1 saturated carbocycles. The predicted octanol–water partition coefficient (Wildman–Crippen LogP) is 9.43. The minimum absolute atomic E-state index is 0.0724. The van der Waals surface area contributed by atoms with Crippen LogP contribution in [0.1, 0.15) is 108 Å². The van der Waals surface area contributed by atoms with Gasteiger partial charge in [0.1, 0.15) is 11.6 Å². The topological polar surface area (TPSA) is 199 Å². The fourth-order valence-corrected chi connectivity index (χ4v) is 19.6. The van der Waals surface area contributed by atoms with Gasteiger partial charge in [-0.3, -0.25) is 27.0 Å². The minimum atomic E-state index is -4.64. The number of aromatic nitrogens is 6. The van der Waals surface area contributed by atoms with Gasteiger partial charge in [0, 0.05) is 139 Å². The second kappa shape index (κ2) is 28.9. The molecule has 13 rings (SSSR count). The number of carbonyl (C=O) groups is 3. The van der Waals surface area contributed by atoms with Gasteiger partial charge in [0.05, 0.1) is 48.6 Å². The largest absolute Gasteiger partial charge is 0.451 e. The molecule has 18 nitrogen and oxygen atoms in total. The Morgan fingerprint density at radius 2 is 0.906 bits per heavy atom. The Morgan fingerprint density at radius 3 is 1.32 bits per heavy atom. The van der Waals surface area contributed by atoms with Crippen LogP contribution in [0.15, 0.2) is 85.7 Å². The molecule has 3 unspecified atom stereocenters. The molecule has 96 heavy (non-hydrogen) atoms. The first-order chi connectivity index (χ1) is 45.5. The number of thiophene rings is 2. The average molecular weight is 1440 g/mol. The summed E-state index contributed by atoms with van der Waals surface area (Å²) in [7, 11) is -6.30. The lowest BCUT2D eigenvalue weighted by molar-refractivity contribution is -0.145. The number of hydrogen-bond donors (Lipinski definition) is 0. The van der Waals surface area contributed by atoms with Crippen LogP contribution < -0.4 is 14.7 Å². The van der Waals surface area contributed by atoms with Crippen LogP contribution in [0.5, 0.6) is 0 Å².